The van der Waals surface area contributed by atoms with E-state index in [1.165, 1.54) is 24.0 Å². The molecule has 0 aliphatic rings. The van der Waals surface area contributed by atoms with E-state index in [1.54, 1.807) is 0 Å². The predicted molar refractivity (Wildman–Crippen MR) is 117 cm³/mol. The van der Waals surface area contributed by atoms with Gasteiger partial charge in [0.15, 0.2) is 6.61 Å². The average molecular weight is 432 g/mol. The van der Waals surface area contributed by atoms with Crippen molar-refractivity contribution in [2.24, 2.45) is 0 Å². The molecule has 0 aromatic heterocycles. The summed E-state index contributed by atoms with van der Waals surface area (Å²) in [7, 11) is 0. The Morgan fingerprint density at radius 3 is 2.52 bits per heavy atom. The van der Waals surface area contributed by atoms with Crippen LogP contribution >= 0.6 is 15.9 Å². The van der Waals surface area contributed by atoms with Gasteiger partial charge in [0.2, 0.25) is 0 Å². The van der Waals surface area contributed by atoms with Crippen LogP contribution < -0.4 is 10.1 Å². The summed E-state index contributed by atoms with van der Waals surface area (Å²) in [5, 5.41) is 2.92. The van der Waals surface area contributed by atoms with Crippen LogP contribution in [0.4, 0.5) is 5.69 Å². The van der Waals surface area contributed by atoms with Gasteiger partial charge in [-0.25, -0.2) is 0 Å². The Kier molecular flexibility index (Phi) is 7.49. The topological polar surface area (TPSA) is 38.3 Å². The van der Waals surface area contributed by atoms with Crippen LogP contribution in [0.25, 0.3) is 0 Å². The lowest BCUT2D eigenvalue weighted by atomic mass is 9.85. The summed E-state index contributed by atoms with van der Waals surface area (Å²) in [6.07, 6.45) is 3.39. The number of carbonyl (C=O) groups is 1. The number of hydrogen-bond acceptors (Lipinski definition) is 2. The smallest absolute Gasteiger partial charge is 0.262 e. The van der Waals surface area contributed by atoms with E-state index in [2.05, 4.69) is 74.1 Å². The Morgan fingerprint density at radius 1 is 1.15 bits per heavy atom. The highest BCUT2D eigenvalue weighted by Gasteiger charge is 2.19. The largest absolute Gasteiger partial charge is 0.483 e. The standard InChI is InChI=1S/C23H30BrNO2/c1-6-7-8-17-10-11-20(19(24)14-17)25-22(26)15-27-21-12-9-16(2)13-18(21)23(3,4)5/h9-14H,6-8,15H2,1-5H3,(H,25,26). The third kappa shape index (κ3) is 6.39. The number of nitrogens with one attached hydrogen (secondary N) is 1. The monoisotopic (exact) mass is 431 g/mol. The molecule has 4 heteroatoms. The fourth-order valence-corrected chi connectivity index (χ4v) is 3.41. The van der Waals surface area contributed by atoms with Crippen molar-refractivity contribution >= 4 is 27.5 Å². The number of ether oxygens (including phenoxy) is 1. The van der Waals surface area contributed by atoms with Gasteiger partial charge >= 0.3 is 0 Å². The van der Waals surface area contributed by atoms with E-state index in [4.69, 9.17) is 4.74 Å². The van der Waals surface area contributed by atoms with Crippen LogP contribution in [0.2, 0.25) is 0 Å². The van der Waals surface area contributed by atoms with E-state index in [0.29, 0.717) is 0 Å². The third-order valence-corrected chi connectivity index (χ3v) is 5.08. The average Bonchev–Trinajstić information content (AvgIpc) is 2.60. The number of anilines is 1. The molecule has 2 aromatic rings. The number of hydrogen-bond donors (Lipinski definition) is 1. The summed E-state index contributed by atoms with van der Waals surface area (Å²) < 4.78 is 6.74. The minimum Gasteiger partial charge on any atom is -0.483 e. The molecule has 0 aliphatic heterocycles. The first-order valence-corrected chi connectivity index (χ1v) is 10.3. The maximum Gasteiger partial charge on any atom is 0.262 e. The summed E-state index contributed by atoms with van der Waals surface area (Å²) >= 11 is 3.55. The van der Waals surface area contributed by atoms with Crippen molar-refractivity contribution in [3.63, 3.8) is 0 Å². The number of aryl methyl sites for hydroxylation is 2. The lowest BCUT2D eigenvalue weighted by Gasteiger charge is -2.23. The zero-order chi connectivity index (χ0) is 20.0. The first kappa shape index (κ1) is 21.5. The second-order valence-electron chi connectivity index (χ2n) is 8.00. The van der Waals surface area contributed by atoms with E-state index in [0.717, 1.165) is 27.9 Å². The molecule has 0 saturated carbocycles. The predicted octanol–water partition coefficient (Wildman–Crippen LogP) is 6.42. The summed E-state index contributed by atoms with van der Waals surface area (Å²) in [6.45, 7) is 10.7. The lowest BCUT2D eigenvalue weighted by molar-refractivity contribution is -0.118. The van der Waals surface area contributed by atoms with E-state index in [-0.39, 0.29) is 17.9 Å². The van der Waals surface area contributed by atoms with Gasteiger partial charge in [-0.1, -0.05) is 57.9 Å². The highest BCUT2D eigenvalue weighted by molar-refractivity contribution is 9.10. The fraction of sp³-hybridized carbons (Fsp3) is 0.435. The number of unbranched alkanes of at least 4 members (excludes halogenated alkanes) is 1. The van der Waals surface area contributed by atoms with Gasteiger partial charge in [-0.3, -0.25) is 4.79 Å². The maximum absolute atomic E-state index is 12.4. The molecular weight excluding hydrogens is 402 g/mol. The van der Waals surface area contributed by atoms with Gasteiger partial charge in [0.1, 0.15) is 5.75 Å². The zero-order valence-corrected chi connectivity index (χ0v) is 18.6. The van der Waals surface area contributed by atoms with E-state index in [1.807, 2.05) is 18.2 Å². The Morgan fingerprint density at radius 2 is 1.89 bits per heavy atom. The summed E-state index contributed by atoms with van der Waals surface area (Å²) in [4.78, 5) is 12.4. The minimum atomic E-state index is -0.169. The second-order valence-corrected chi connectivity index (χ2v) is 8.86. The molecular formula is C23H30BrNO2. The molecule has 2 rings (SSSR count). The maximum atomic E-state index is 12.4. The molecule has 0 bridgehead atoms. The Hall–Kier alpha value is -1.81. The second kappa shape index (κ2) is 9.41. The van der Waals surface area contributed by atoms with Gasteiger partial charge in [0.05, 0.1) is 5.69 Å². The van der Waals surface area contributed by atoms with Crippen LogP contribution in [0.5, 0.6) is 5.75 Å². The summed E-state index contributed by atoms with van der Waals surface area (Å²) in [6, 6.07) is 12.2. The van der Waals surface area contributed by atoms with Crippen LogP contribution in [0, 0.1) is 6.92 Å². The van der Waals surface area contributed by atoms with Crippen molar-refractivity contribution in [2.45, 2.75) is 59.3 Å². The highest BCUT2D eigenvalue weighted by atomic mass is 79.9. The molecule has 0 aliphatic carbocycles. The van der Waals surface area contributed by atoms with Gasteiger partial charge in [-0.05, 0) is 70.4 Å². The molecule has 0 saturated heterocycles. The molecule has 0 atom stereocenters. The molecule has 3 nitrogen and oxygen atoms in total. The number of rotatable bonds is 7. The number of benzene rings is 2. The molecule has 27 heavy (non-hydrogen) atoms. The normalized spacial score (nSPS) is 11.3. The Labute approximate surface area is 171 Å². The van der Waals surface area contributed by atoms with Crippen LogP contribution in [0.15, 0.2) is 40.9 Å². The summed E-state index contributed by atoms with van der Waals surface area (Å²) in [5.74, 6) is 0.592. The molecule has 1 N–H and O–H groups in total. The SMILES string of the molecule is CCCCc1ccc(NC(=O)COc2ccc(C)cc2C(C)(C)C)c(Br)c1. The molecule has 0 radical (unpaired) electrons. The molecule has 0 heterocycles. The molecule has 0 spiro atoms. The van der Waals surface area contributed by atoms with Crippen LogP contribution in [-0.4, -0.2) is 12.5 Å². The van der Waals surface area contributed by atoms with Gasteiger partial charge in [0.25, 0.3) is 5.91 Å². The third-order valence-electron chi connectivity index (χ3n) is 4.43. The van der Waals surface area contributed by atoms with Gasteiger partial charge < -0.3 is 10.1 Å². The first-order valence-electron chi connectivity index (χ1n) is 9.53. The van der Waals surface area contributed by atoms with E-state index < -0.39 is 0 Å². The number of amides is 1. The quantitative estimate of drug-likeness (QED) is 0.549. The zero-order valence-electron chi connectivity index (χ0n) is 17.0. The first-order chi connectivity index (χ1) is 12.7. The molecule has 1 amide bonds. The highest BCUT2D eigenvalue weighted by Crippen LogP contribution is 2.32. The van der Waals surface area contributed by atoms with Crippen molar-refractivity contribution in [1.29, 1.82) is 0 Å². The summed E-state index contributed by atoms with van der Waals surface area (Å²) in [5.41, 5.74) is 4.28. The van der Waals surface area contributed by atoms with E-state index >= 15 is 0 Å². The lowest BCUT2D eigenvalue weighted by Crippen LogP contribution is -2.22. The van der Waals surface area contributed by atoms with Crippen molar-refractivity contribution in [3.8, 4) is 5.75 Å². The van der Waals surface area contributed by atoms with Gasteiger partial charge in [-0.15, -0.1) is 0 Å². The molecule has 2 aromatic carbocycles. The van der Waals surface area contributed by atoms with Crippen molar-refractivity contribution in [3.05, 3.63) is 57.6 Å². The van der Waals surface area contributed by atoms with Gasteiger partial charge in [0, 0.05) is 4.47 Å². The van der Waals surface area contributed by atoms with Crippen LogP contribution in [0.3, 0.4) is 0 Å². The molecule has 0 fully saturated rings. The number of halogens is 1. The van der Waals surface area contributed by atoms with Crippen molar-refractivity contribution < 1.29 is 9.53 Å². The van der Waals surface area contributed by atoms with Crippen molar-refractivity contribution in [2.75, 3.05) is 11.9 Å². The number of carbonyl (C=O) groups excluding carboxylic acids is 1. The fourth-order valence-electron chi connectivity index (χ4n) is 2.88. The minimum absolute atomic E-state index is 0.0177. The van der Waals surface area contributed by atoms with E-state index in [9.17, 15) is 4.79 Å². The van der Waals surface area contributed by atoms with Gasteiger partial charge in [-0.2, -0.15) is 0 Å². The molecule has 146 valence electrons. The Balaban J connectivity index is 2.01. The van der Waals surface area contributed by atoms with Crippen LogP contribution in [0.1, 0.15) is 57.2 Å². The Bertz CT molecular complexity index is 793. The van der Waals surface area contributed by atoms with Crippen molar-refractivity contribution in [1.82, 2.24) is 0 Å². The molecule has 0 unspecified atom stereocenters. The van der Waals surface area contributed by atoms with Crippen LogP contribution in [-0.2, 0) is 16.6 Å².